The first-order chi connectivity index (χ1) is 5.22. The third kappa shape index (κ3) is 7.47. The molecule has 0 unspecified atom stereocenters. The summed E-state index contributed by atoms with van der Waals surface area (Å²) in [4.78, 5) is 1.11. The summed E-state index contributed by atoms with van der Waals surface area (Å²) in [5.74, 6) is 0. The third-order valence-electron chi connectivity index (χ3n) is 1.05. The van der Waals surface area contributed by atoms with E-state index in [0.29, 0.717) is 0 Å². The van der Waals surface area contributed by atoms with E-state index in [-0.39, 0.29) is 0 Å². The van der Waals surface area contributed by atoms with Crippen molar-refractivity contribution >= 4 is 11.8 Å². The highest BCUT2D eigenvalue weighted by atomic mass is 32.2. The molecule has 0 heterocycles. The number of allylic oxidation sites excluding steroid dienone is 3. The molecule has 0 bridgehead atoms. The predicted octanol–water partition coefficient (Wildman–Crippen LogP) is 4.02. The van der Waals surface area contributed by atoms with Crippen LogP contribution in [-0.4, -0.2) is 6.26 Å². The molecule has 0 atom stereocenters. The van der Waals surface area contributed by atoms with E-state index in [0.717, 1.165) is 4.91 Å². The molecule has 0 amide bonds. The molecule has 0 aliphatic heterocycles. The summed E-state index contributed by atoms with van der Waals surface area (Å²) in [5.41, 5.74) is 1.19. The van der Waals surface area contributed by atoms with E-state index >= 15 is 0 Å². The second-order valence-corrected chi connectivity index (χ2v) is 2.61. The fraction of sp³-hybridized carbons (Fsp3) is 0.400. The molecule has 0 saturated carbocycles. The molecule has 0 saturated heterocycles. The number of thioether (sulfide) groups is 1. The molecule has 0 aromatic heterocycles. The van der Waals surface area contributed by atoms with Gasteiger partial charge in [-0.1, -0.05) is 39.2 Å². The minimum atomic E-state index is 1.11. The average molecular weight is 170 g/mol. The van der Waals surface area contributed by atoms with E-state index in [1.165, 1.54) is 5.57 Å². The Balaban J connectivity index is 0. The molecule has 0 rings (SSSR count). The van der Waals surface area contributed by atoms with Crippen molar-refractivity contribution in [2.24, 2.45) is 0 Å². The first-order valence-electron chi connectivity index (χ1n) is 3.75. The second kappa shape index (κ2) is 9.57. The van der Waals surface area contributed by atoms with Gasteiger partial charge in [0.15, 0.2) is 0 Å². The van der Waals surface area contributed by atoms with Crippen molar-refractivity contribution in [2.45, 2.75) is 20.8 Å². The van der Waals surface area contributed by atoms with Gasteiger partial charge in [-0.2, -0.15) is 0 Å². The van der Waals surface area contributed by atoms with Crippen LogP contribution in [0.3, 0.4) is 0 Å². The largest absolute Gasteiger partial charge is 0.130 e. The SMILES string of the molecule is C=C/C=C(/C)C(=C)SC.CC. The van der Waals surface area contributed by atoms with Gasteiger partial charge in [0, 0.05) is 4.91 Å². The summed E-state index contributed by atoms with van der Waals surface area (Å²) >= 11 is 1.66. The Labute approximate surface area is 75.1 Å². The zero-order valence-corrected chi connectivity index (χ0v) is 8.79. The van der Waals surface area contributed by atoms with Crippen LogP contribution in [0.15, 0.2) is 35.8 Å². The van der Waals surface area contributed by atoms with Crippen LogP contribution in [0.1, 0.15) is 20.8 Å². The Morgan fingerprint density at radius 2 is 1.82 bits per heavy atom. The summed E-state index contributed by atoms with van der Waals surface area (Å²) in [5, 5.41) is 0. The van der Waals surface area contributed by atoms with Gasteiger partial charge in [0.05, 0.1) is 0 Å². The first-order valence-corrected chi connectivity index (χ1v) is 4.97. The van der Waals surface area contributed by atoms with Gasteiger partial charge in [-0.3, -0.25) is 0 Å². The van der Waals surface area contributed by atoms with Gasteiger partial charge in [-0.15, -0.1) is 11.8 Å². The highest BCUT2D eigenvalue weighted by molar-refractivity contribution is 8.02. The first kappa shape index (κ1) is 13.2. The van der Waals surface area contributed by atoms with Crippen LogP contribution in [0, 0.1) is 0 Å². The molecule has 11 heavy (non-hydrogen) atoms. The summed E-state index contributed by atoms with van der Waals surface area (Å²) in [7, 11) is 0. The third-order valence-corrected chi connectivity index (χ3v) is 1.87. The Morgan fingerprint density at radius 3 is 2.09 bits per heavy atom. The minimum absolute atomic E-state index is 1.11. The quantitative estimate of drug-likeness (QED) is 0.576. The van der Waals surface area contributed by atoms with Gasteiger partial charge in [-0.05, 0) is 18.8 Å². The lowest BCUT2D eigenvalue weighted by Crippen LogP contribution is -1.73. The molecular weight excluding hydrogens is 152 g/mol. The summed E-state index contributed by atoms with van der Waals surface area (Å²) < 4.78 is 0. The highest BCUT2D eigenvalue weighted by Gasteiger charge is 1.89. The van der Waals surface area contributed by atoms with Crippen molar-refractivity contribution in [3.05, 3.63) is 35.8 Å². The Bertz CT molecular complexity index is 143. The summed E-state index contributed by atoms with van der Waals surface area (Å²) in [6, 6.07) is 0. The summed E-state index contributed by atoms with van der Waals surface area (Å²) in [6.45, 7) is 13.5. The minimum Gasteiger partial charge on any atom is -0.130 e. The molecule has 64 valence electrons. The van der Waals surface area contributed by atoms with Crippen molar-refractivity contribution < 1.29 is 0 Å². The van der Waals surface area contributed by atoms with Crippen molar-refractivity contribution in [3.8, 4) is 0 Å². The molecule has 0 aliphatic carbocycles. The molecule has 0 aliphatic rings. The van der Waals surface area contributed by atoms with Crippen LogP contribution >= 0.6 is 11.8 Å². The Kier molecular flexibility index (Phi) is 11.5. The molecule has 0 aromatic rings. The molecule has 1 heteroatoms. The van der Waals surface area contributed by atoms with Gasteiger partial charge >= 0.3 is 0 Å². The molecule has 0 radical (unpaired) electrons. The van der Waals surface area contributed by atoms with Crippen molar-refractivity contribution in [1.29, 1.82) is 0 Å². The average Bonchev–Trinajstić information content (AvgIpc) is 2.07. The topological polar surface area (TPSA) is 0 Å². The van der Waals surface area contributed by atoms with Crippen LogP contribution in [-0.2, 0) is 0 Å². The lowest BCUT2D eigenvalue weighted by atomic mass is 10.3. The predicted molar refractivity (Wildman–Crippen MR) is 58.0 cm³/mol. The molecule has 0 aromatic carbocycles. The monoisotopic (exact) mass is 170 g/mol. The molecule has 0 spiro atoms. The van der Waals surface area contributed by atoms with Crippen molar-refractivity contribution in [1.82, 2.24) is 0 Å². The van der Waals surface area contributed by atoms with Gasteiger partial charge in [0.25, 0.3) is 0 Å². The van der Waals surface area contributed by atoms with Gasteiger partial charge in [-0.25, -0.2) is 0 Å². The number of rotatable bonds is 3. The van der Waals surface area contributed by atoms with Crippen LogP contribution in [0.2, 0.25) is 0 Å². The zero-order chi connectivity index (χ0) is 9.28. The van der Waals surface area contributed by atoms with E-state index in [1.54, 1.807) is 17.8 Å². The lowest BCUT2D eigenvalue weighted by molar-refractivity contribution is 1.50. The second-order valence-electron chi connectivity index (χ2n) is 1.71. The maximum atomic E-state index is 3.84. The van der Waals surface area contributed by atoms with Crippen LogP contribution < -0.4 is 0 Å². The van der Waals surface area contributed by atoms with E-state index in [9.17, 15) is 0 Å². The van der Waals surface area contributed by atoms with Crippen LogP contribution in [0.4, 0.5) is 0 Å². The number of hydrogen-bond acceptors (Lipinski definition) is 1. The van der Waals surface area contributed by atoms with Crippen molar-refractivity contribution in [2.75, 3.05) is 6.26 Å². The van der Waals surface area contributed by atoms with E-state index in [4.69, 9.17) is 0 Å². The molecule has 0 nitrogen and oxygen atoms in total. The Morgan fingerprint density at radius 1 is 1.36 bits per heavy atom. The smallest absolute Gasteiger partial charge is 0.00264 e. The maximum Gasteiger partial charge on any atom is 0.00264 e. The van der Waals surface area contributed by atoms with E-state index in [1.807, 2.05) is 33.1 Å². The normalized spacial score (nSPS) is 9.64. The molecule has 0 fully saturated rings. The lowest BCUT2D eigenvalue weighted by Gasteiger charge is -1.97. The summed E-state index contributed by atoms with van der Waals surface area (Å²) in [6.07, 6.45) is 5.75. The number of hydrogen-bond donors (Lipinski definition) is 0. The van der Waals surface area contributed by atoms with Gasteiger partial charge in [0.2, 0.25) is 0 Å². The standard InChI is InChI=1S/C8H12S.C2H6/c1-5-6-7(2)8(3)9-4;1-2/h5-6H,1,3H2,2,4H3;1-2H3/b7-6-;. The van der Waals surface area contributed by atoms with Crippen molar-refractivity contribution in [3.63, 3.8) is 0 Å². The molecular formula is C10H18S. The molecule has 0 N–H and O–H groups in total. The van der Waals surface area contributed by atoms with Crippen LogP contribution in [0.5, 0.6) is 0 Å². The van der Waals surface area contributed by atoms with E-state index < -0.39 is 0 Å². The van der Waals surface area contributed by atoms with Gasteiger partial charge in [0.1, 0.15) is 0 Å². The van der Waals surface area contributed by atoms with Gasteiger partial charge < -0.3 is 0 Å². The Hall–Kier alpha value is -0.430. The highest BCUT2D eigenvalue weighted by Crippen LogP contribution is 2.17. The maximum absolute atomic E-state index is 3.84. The fourth-order valence-corrected chi connectivity index (χ4v) is 0.821. The van der Waals surface area contributed by atoms with E-state index in [2.05, 4.69) is 13.2 Å². The fourth-order valence-electron chi connectivity index (χ4n) is 0.431. The zero-order valence-electron chi connectivity index (χ0n) is 7.98. The van der Waals surface area contributed by atoms with Crippen LogP contribution in [0.25, 0.3) is 0 Å².